The molecule has 4 nitrogen and oxygen atoms in total. The first-order chi connectivity index (χ1) is 31.2. The van der Waals surface area contributed by atoms with Crippen molar-refractivity contribution in [3.8, 4) is 5.69 Å². The highest BCUT2D eigenvalue weighted by Crippen LogP contribution is 2.44. The Labute approximate surface area is 368 Å². The van der Waals surface area contributed by atoms with Crippen molar-refractivity contribution in [3.05, 3.63) is 224 Å². The van der Waals surface area contributed by atoms with Crippen LogP contribution in [0.25, 0.3) is 49.3 Å². The van der Waals surface area contributed by atoms with Crippen LogP contribution in [0.1, 0.15) is 25.3 Å². The molecule has 0 N–H and O–H groups in total. The van der Waals surface area contributed by atoms with Gasteiger partial charge in [-0.3, -0.25) is 0 Å². The molecule has 12 rings (SSSR count). The highest BCUT2D eigenvalue weighted by atomic mass is 15.2. The van der Waals surface area contributed by atoms with Gasteiger partial charge in [-0.1, -0.05) is 135 Å². The number of hydrogen-bond acceptors (Lipinski definition) is 2. The molecule has 2 aromatic heterocycles. The second-order valence-electron chi connectivity index (χ2n) is 16.8. The van der Waals surface area contributed by atoms with E-state index in [1.165, 1.54) is 78.6 Å². The van der Waals surface area contributed by atoms with Crippen molar-refractivity contribution < 1.29 is 0 Å². The number of aryl methyl sites for hydroxylation is 1. The highest BCUT2D eigenvalue weighted by molar-refractivity contribution is 6.88. The molecule has 1 aliphatic rings. The van der Waals surface area contributed by atoms with Crippen LogP contribution < -0.4 is 20.7 Å². The predicted molar refractivity (Wildman–Crippen MR) is 269 cm³/mol. The lowest BCUT2D eigenvalue weighted by Crippen LogP contribution is -2.53. The first kappa shape index (κ1) is 37.0. The zero-order valence-electron chi connectivity index (χ0n) is 35.3. The van der Waals surface area contributed by atoms with E-state index in [4.69, 9.17) is 0 Å². The summed E-state index contributed by atoms with van der Waals surface area (Å²) in [5.41, 5.74) is 16.8. The molecular weight excluding hydrogens is 763 g/mol. The van der Waals surface area contributed by atoms with Crippen LogP contribution in [0.2, 0.25) is 0 Å². The molecule has 9 aromatic carbocycles. The molecule has 0 radical (unpaired) electrons. The Balaban J connectivity index is 1.21. The van der Waals surface area contributed by atoms with Gasteiger partial charge in [-0.05, 0) is 126 Å². The van der Waals surface area contributed by atoms with Crippen LogP contribution in [0.15, 0.2) is 218 Å². The summed E-state index contributed by atoms with van der Waals surface area (Å²) in [5.74, 6) is 0. The van der Waals surface area contributed by atoms with Gasteiger partial charge in [0.15, 0.2) is 0 Å². The van der Waals surface area contributed by atoms with Gasteiger partial charge in [0.25, 0.3) is 0 Å². The van der Waals surface area contributed by atoms with Crippen LogP contribution in [-0.2, 0) is 6.42 Å². The monoisotopic (exact) mass is 808 g/mol. The third-order valence-corrected chi connectivity index (χ3v) is 13.1. The van der Waals surface area contributed by atoms with Crippen molar-refractivity contribution in [2.45, 2.75) is 26.2 Å². The molecule has 11 aromatic rings. The number of benzene rings is 9. The van der Waals surface area contributed by atoms with Crippen LogP contribution in [-0.4, -0.2) is 15.9 Å². The molecule has 0 aliphatic carbocycles. The fourth-order valence-electron chi connectivity index (χ4n) is 10.3. The molecule has 1 aliphatic heterocycles. The summed E-state index contributed by atoms with van der Waals surface area (Å²) in [4.78, 5) is 4.80. The summed E-state index contributed by atoms with van der Waals surface area (Å²) >= 11 is 0. The molecule has 5 heteroatoms. The predicted octanol–water partition coefficient (Wildman–Crippen LogP) is 14.1. The minimum absolute atomic E-state index is 0.109. The second kappa shape index (κ2) is 15.3. The van der Waals surface area contributed by atoms with Gasteiger partial charge >= 0.3 is 6.85 Å². The summed E-state index contributed by atoms with van der Waals surface area (Å²) in [6, 6.07) is 80.4. The van der Waals surface area contributed by atoms with Gasteiger partial charge in [-0.2, -0.15) is 0 Å². The molecule has 63 heavy (non-hydrogen) atoms. The van der Waals surface area contributed by atoms with Gasteiger partial charge in [-0.25, -0.2) is 0 Å². The number of nitrogens with zero attached hydrogens (tertiary/aromatic N) is 4. The largest absolute Gasteiger partial charge is 0.376 e. The van der Waals surface area contributed by atoms with Crippen LogP contribution in [0.3, 0.4) is 0 Å². The minimum Gasteiger partial charge on any atom is -0.376 e. The summed E-state index contributed by atoms with van der Waals surface area (Å²) in [6.45, 7) is 2.17. The molecule has 0 bridgehead atoms. The van der Waals surface area contributed by atoms with E-state index in [1.807, 2.05) is 0 Å². The standard InChI is InChI=1S/C58H45BN4/c1-2-3-20-41-33-35-49-48-29-16-18-31-55(48)63(57(49)37-41)59-52-30-17-19-32-56(52)62-54-36-34-46(60(42-21-8-4-9-22-42)43-23-10-5-11-24-43)38-50(54)51-39-47(40-53(59)58(51)62)61(44-25-12-6-13-26-44)45-27-14-7-15-28-45/h4-19,21-40H,2-3,20H2,1H3. The van der Waals surface area contributed by atoms with Crippen LogP contribution in [0.5, 0.6) is 0 Å². The number of fused-ring (bicyclic) bond motifs is 8. The van der Waals surface area contributed by atoms with E-state index in [9.17, 15) is 0 Å². The highest BCUT2D eigenvalue weighted by Gasteiger charge is 2.37. The quantitative estimate of drug-likeness (QED) is 0.128. The van der Waals surface area contributed by atoms with Crippen molar-refractivity contribution in [1.82, 2.24) is 9.05 Å². The molecule has 0 fully saturated rings. The number of hydrogen-bond donors (Lipinski definition) is 0. The number of rotatable bonds is 10. The lowest BCUT2D eigenvalue weighted by Gasteiger charge is -2.31. The zero-order valence-corrected chi connectivity index (χ0v) is 35.3. The topological polar surface area (TPSA) is 16.3 Å². The Kier molecular flexibility index (Phi) is 9.00. The van der Waals surface area contributed by atoms with E-state index < -0.39 is 0 Å². The van der Waals surface area contributed by atoms with Gasteiger partial charge in [0, 0.05) is 72.4 Å². The third-order valence-electron chi connectivity index (χ3n) is 13.1. The second-order valence-corrected chi connectivity index (χ2v) is 16.8. The Morgan fingerprint density at radius 3 is 1.60 bits per heavy atom. The number of unbranched alkanes of at least 4 members (excludes halogenated alkanes) is 1. The van der Waals surface area contributed by atoms with Gasteiger partial charge in [-0.15, -0.1) is 0 Å². The first-order valence-electron chi connectivity index (χ1n) is 22.3. The molecule has 3 heterocycles. The Bertz CT molecular complexity index is 3370. The van der Waals surface area contributed by atoms with Gasteiger partial charge in [0.2, 0.25) is 0 Å². The van der Waals surface area contributed by atoms with Gasteiger partial charge < -0.3 is 18.8 Å². The van der Waals surface area contributed by atoms with Crippen LogP contribution >= 0.6 is 0 Å². The fourth-order valence-corrected chi connectivity index (χ4v) is 10.3. The Morgan fingerprint density at radius 1 is 0.397 bits per heavy atom. The smallest absolute Gasteiger partial charge is 0.332 e. The normalized spacial score (nSPS) is 12.0. The van der Waals surface area contributed by atoms with E-state index in [1.54, 1.807) is 0 Å². The molecule has 0 saturated carbocycles. The van der Waals surface area contributed by atoms with Crippen molar-refractivity contribution in [3.63, 3.8) is 0 Å². The van der Waals surface area contributed by atoms with Crippen molar-refractivity contribution in [2.75, 3.05) is 9.80 Å². The number of anilines is 6. The van der Waals surface area contributed by atoms with Crippen molar-refractivity contribution in [2.24, 2.45) is 0 Å². The van der Waals surface area contributed by atoms with E-state index in [-0.39, 0.29) is 6.85 Å². The number of para-hydroxylation sites is 6. The average Bonchev–Trinajstić information content (AvgIpc) is 3.85. The molecule has 0 amide bonds. The van der Waals surface area contributed by atoms with Crippen molar-refractivity contribution >= 4 is 95.5 Å². The van der Waals surface area contributed by atoms with Crippen LogP contribution in [0.4, 0.5) is 34.1 Å². The summed E-state index contributed by atoms with van der Waals surface area (Å²) < 4.78 is 5.21. The summed E-state index contributed by atoms with van der Waals surface area (Å²) in [7, 11) is 0. The summed E-state index contributed by atoms with van der Waals surface area (Å²) in [5, 5.41) is 5.01. The maximum Gasteiger partial charge on any atom is 0.332 e. The Hall–Kier alpha value is -7.76. The Morgan fingerprint density at radius 2 is 0.952 bits per heavy atom. The summed E-state index contributed by atoms with van der Waals surface area (Å²) in [6.07, 6.45) is 3.41. The molecule has 0 spiro atoms. The fraction of sp³-hybridized carbons (Fsp3) is 0.0690. The van der Waals surface area contributed by atoms with E-state index in [0.29, 0.717) is 0 Å². The molecule has 0 unspecified atom stereocenters. The van der Waals surface area contributed by atoms with E-state index in [2.05, 4.69) is 244 Å². The van der Waals surface area contributed by atoms with E-state index in [0.717, 1.165) is 40.5 Å². The van der Waals surface area contributed by atoms with Crippen LogP contribution in [0, 0.1) is 0 Å². The van der Waals surface area contributed by atoms with Gasteiger partial charge in [0.05, 0.1) is 11.0 Å². The number of aromatic nitrogens is 2. The average molecular weight is 809 g/mol. The maximum absolute atomic E-state index is 2.66. The molecule has 0 atom stereocenters. The molecular formula is C58H45BN4. The SMILES string of the molecule is CCCCc1ccc2c3ccccc3n(B3c4ccccc4-n4c5ccc(N(c6ccccc6)c6ccccc6)cc5c5cc(N(c6ccccc6)c6ccccc6)cc3c54)c2c1. The zero-order chi connectivity index (χ0) is 41.9. The van der Waals surface area contributed by atoms with Gasteiger partial charge in [0.1, 0.15) is 0 Å². The molecule has 300 valence electrons. The van der Waals surface area contributed by atoms with Crippen molar-refractivity contribution in [1.29, 1.82) is 0 Å². The third kappa shape index (κ3) is 6.07. The molecule has 0 saturated heterocycles. The lowest BCUT2D eigenvalue weighted by molar-refractivity contribution is 0.796. The van der Waals surface area contributed by atoms with E-state index >= 15 is 0 Å². The lowest BCUT2D eigenvalue weighted by atomic mass is 9.48. The first-order valence-corrected chi connectivity index (χ1v) is 22.3. The maximum atomic E-state index is 2.66. The minimum atomic E-state index is -0.109.